The predicted octanol–water partition coefficient (Wildman–Crippen LogP) is 5.75. The lowest BCUT2D eigenvalue weighted by Crippen LogP contribution is -2.02. The van der Waals surface area contributed by atoms with Crippen molar-refractivity contribution < 1.29 is 0 Å². The van der Waals surface area contributed by atoms with Crippen molar-refractivity contribution in [3.8, 4) is 0 Å². The molecule has 4 heteroatoms. The van der Waals surface area contributed by atoms with Crippen LogP contribution < -0.4 is 5.32 Å². The lowest BCUT2D eigenvalue weighted by Gasteiger charge is -2.12. The van der Waals surface area contributed by atoms with Crippen molar-refractivity contribution in [3.63, 3.8) is 0 Å². The molecule has 0 aromatic heterocycles. The fraction of sp³-hybridized carbons (Fsp3) is 0.250. The molecule has 0 heterocycles. The summed E-state index contributed by atoms with van der Waals surface area (Å²) in [6.45, 7) is 0.566. The van der Waals surface area contributed by atoms with Crippen LogP contribution in [0.2, 0.25) is 15.1 Å². The van der Waals surface area contributed by atoms with Gasteiger partial charge in [-0.15, -0.1) is 0 Å². The van der Waals surface area contributed by atoms with Gasteiger partial charge in [-0.2, -0.15) is 0 Å². The molecule has 1 N–H and O–H groups in total. The third-order valence-corrected chi connectivity index (χ3v) is 4.90. The van der Waals surface area contributed by atoms with E-state index in [0.29, 0.717) is 21.6 Å². The number of aryl methyl sites for hydroxylation is 2. The molecule has 1 aliphatic carbocycles. The van der Waals surface area contributed by atoms with Gasteiger partial charge in [0, 0.05) is 22.8 Å². The number of nitrogens with one attached hydrogen (secondary N) is 1. The van der Waals surface area contributed by atoms with Crippen LogP contribution in [0.3, 0.4) is 0 Å². The number of benzene rings is 2. The van der Waals surface area contributed by atoms with Crippen LogP contribution in [0.5, 0.6) is 0 Å². The monoisotopic (exact) mass is 325 g/mol. The largest absolute Gasteiger partial charge is 0.381 e. The van der Waals surface area contributed by atoms with E-state index in [2.05, 4.69) is 23.5 Å². The summed E-state index contributed by atoms with van der Waals surface area (Å²) in [6, 6.07) is 10.0. The summed E-state index contributed by atoms with van der Waals surface area (Å²) >= 11 is 18.4. The molecule has 1 nitrogen and oxygen atoms in total. The van der Waals surface area contributed by atoms with E-state index in [1.807, 2.05) is 0 Å². The Morgan fingerprint density at radius 3 is 2.50 bits per heavy atom. The molecule has 2 aromatic carbocycles. The van der Waals surface area contributed by atoms with E-state index >= 15 is 0 Å². The molecule has 20 heavy (non-hydrogen) atoms. The van der Waals surface area contributed by atoms with Gasteiger partial charge in [-0.3, -0.25) is 0 Å². The van der Waals surface area contributed by atoms with Crippen LogP contribution in [0.1, 0.15) is 23.1 Å². The molecule has 104 valence electrons. The van der Waals surface area contributed by atoms with Crippen LogP contribution in [-0.4, -0.2) is 0 Å². The van der Waals surface area contributed by atoms with Crippen LogP contribution in [-0.2, 0) is 19.4 Å². The average Bonchev–Trinajstić information content (AvgIpc) is 2.90. The second kappa shape index (κ2) is 5.85. The third-order valence-electron chi connectivity index (χ3n) is 3.71. The van der Waals surface area contributed by atoms with Crippen LogP contribution in [0.4, 0.5) is 5.69 Å². The van der Waals surface area contributed by atoms with Crippen molar-refractivity contribution in [2.45, 2.75) is 25.8 Å². The molecule has 0 aliphatic heterocycles. The molecule has 0 amide bonds. The van der Waals surface area contributed by atoms with Gasteiger partial charge in [0.1, 0.15) is 0 Å². The highest BCUT2D eigenvalue weighted by Crippen LogP contribution is 2.32. The molecule has 3 rings (SSSR count). The Kier molecular flexibility index (Phi) is 4.11. The van der Waals surface area contributed by atoms with Gasteiger partial charge >= 0.3 is 0 Å². The van der Waals surface area contributed by atoms with E-state index in [0.717, 1.165) is 11.3 Å². The van der Waals surface area contributed by atoms with Gasteiger partial charge in [0.15, 0.2) is 0 Å². The standard InChI is InChI=1S/C16H14Cl3N/c17-14-6-7-15(18)16(19)13(14)9-20-12-5-4-10-2-1-3-11(10)8-12/h4-8,20H,1-3,9H2. The van der Waals surface area contributed by atoms with Crippen molar-refractivity contribution in [3.05, 3.63) is 62.1 Å². The van der Waals surface area contributed by atoms with Crippen LogP contribution in [0, 0.1) is 0 Å². The molecule has 0 unspecified atom stereocenters. The first-order valence-corrected chi connectivity index (χ1v) is 7.76. The second-order valence-corrected chi connectivity index (χ2v) is 6.20. The minimum absolute atomic E-state index is 0.521. The fourth-order valence-electron chi connectivity index (χ4n) is 2.60. The fourth-order valence-corrected chi connectivity index (χ4v) is 3.28. The van der Waals surface area contributed by atoms with Gasteiger partial charge in [-0.25, -0.2) is 0 Å². The smallest absolute Gasteiger partial charge is 0.0657 e. The Labute approximate surface area is 133 Å². The summed E-state index contributed by atoms with van der Waals surface area (Å²) in [5.41, 5.74) is 4.84. The highest BCUT2D eigenvalue weighted by molar-refractivity contribution is 6.44. The maximum atomic E-state index is 6.20. The lowest BCUT2D eigenvalue weighted by molar-refractivity contribution is 0.912. The molecule has 0 spiro atoms. The number of hydrogen-bond donors (Lipinski definition) is 1. The molecule has 1 aliphatic rings. The number of hydrogen-bond acceptors (Lipinski definition) is 1. The van der Waals surface area contributed by atoms with Gasteiger partial charge in [-0.1, -0.05) is 40.9 Å². The molecule has 0 bridgehead atoms. The Balaban J connectivity index is 1.79. The van der Waals surface area contributed by atoms with E-state index in [9.17, 15) is 0 Å². The molecular formula is C16H14Cl3N. The highest BCUT2D eigenvalue weighted by atomic mass is 35.5. The Morgan fingerprint density at radius 1 is 0.900 bits per heavy atom. The number of fused-ring (bicyclic) bond motifs is 1. The van der Waals surface area contributed by atoms with Gasteiger partial charge < -0.3 is 5.32 Å². The minimum atomic E-state index is 0.521. The summed E-state index contributed by atoms with van der Waals surface area (Å²) in [5, 5.41) is 5.06. The van der Waals surface area contributed by atoms with E-state index in [4.69, 9.17) is 34.8 Å². The summed E-state index contributed by atoms with van der Waals surface area (Å²) in [5.74, 6) is 0. The topological polar surface area (TPSA) is 12.0 Å². The summed E-state index contributed by atoms with van der Waals surface area (Å²) in [7, 11) is 0. The molecule has 2 aromatic rings. The molecule has 0 radical (unpaired) electrons. The maximum Gasteiger partial charge on any atom is 0.0657 e. The number of anilines is 1. The normalized spacial score (nSPS) is 13.3. The molecule has 0 saturated heterocycles. The van der Waals surface area contributed by atoms with E-state index in [1.165, 1.54) is 30.4 Å². The molecular weight excluding hydrogens is 313 g/mol. The van der Waals surface area contributed by atoms with Crippen molar-refractivity contribution >= 4 is 40.5 Å². The Morgan fingerprint density at radius 2 is 1.65 bits per heavy atom. The summed E-state index contributed by atoms with van der Waals surface area (Å²) < 4.78 is 0. The van der Waals surface area contributed by atoms with Crippen LogP contribution in [0.15, 0.2) is 30.3 Å². The quantitative estimate of drug-likeness (QED) is 0.708. The number of halogens is 3. The molecule has 0 saturated carbocycles. The summed E-state index contributed by atoms with van der Waals surface area (Å²) in [4.78, 5) is 0. The van der Waals surface area contributed by atoms with Crippen molar-refractivity contribution in [2.75, 3.05) is 5.32 Å². The maximum absolute atomic E-state index is 6.20. The van der Waals surface area contributed by atoms with Gasteiger partial charge in [-0.05, 0) is 54.7 Å². The molecule has 0 atom stereocenters. The van der Waals surface area contributed by atoms with Crippen molar-refractivity contribution in [1.82, 2.24) is 0 Å². The van der Waals surface area contributed by atoms with Gasteiger partial charge in [0.05, 0.1) is 10.0 Å². The average molecular weight is 327 g/mol. The summed E-state index contributed by atoms with van der Waals surface area (Å²) in [6.07, 6.45) is 3.62. The Hall–Kier alpha value is -0.890. The van der Waals surface area contributed by atoms with Gasteiger partial charge in [0.25, 0.3) is 0 Å². The predicted molar refractivity (Wildman–Crippen MR) is 87.3 cm³/mol. The van der Waals surface area contributed by atoms with E-state index in [1.54, 1.807) is 12.1 Å². The first-order chi connectivity index (χ1) is 9.65. The number of rotatable bonds is 3. The zero-order valence-corrected chi connectivity index (χ0v) is 13.1. The minimum Gasteiger partial charge on any atom is -0.381 e. The van der Waals surface area contributed by atoms with Crippen LogP contribution in [0.25, 0.3) is 0 Å². The molecule has 0 fully saturated rings. The second-order valence-electron chi connectivity index (χ2n) is 5.01. The van der Waals surface area contributed by atoms with E-state index in [-0.39, 0.29) is 0 Å². The zero-order valence-electron chi connectivity index (χ0n) is 10.8. The van der Waals surface area contributed by atoms with Gasteiger partial charge in [0.2, 0.25) is 0 Å². The van der Waals surface area contributed by atoms with E-state index < -0.39 is 0 Å². The first-order valence-electron chi connectivity index (χ1n) is 6.63. The van der Waals surface area contributed by atoms with Crippen LogP contribution >= 0.6 is 34.8 Å². The Bertz CT molecular complexity index is 652. The highest BCUT2D eigenvalue weighted by Gasteiger charge is 2.12. The van der Waals surface area contributed by atoms with Crippen molar-refractivity contribution in [1.29, 1.82) is 0 Å². The first kappa shape index (κ1) is 14.1. The third kappa shape index (κ3) is 2.76. The zero-order chi connectivity index (χ0) is 14.1. The lowest BCUT2D eigenvalue weighted by atomic mass is 10.1. The SMILES string of the molecule is Clc1ccc(Cl)c(CNc2ccc3c(c2)CCC3)c1Cl. The van der Waals surface area contributed by atoms with Crippen molar-refractivity contribution in [2.24, 2.45) is 0 Å².